The molecule has 1 heterocycles. The zero-order chi connectivity index (χ0) is 14.4. The first-order valence-electron chi connectivity index (χ1n) is 5.85. The highest BCUT2D eigenvalue weighted by molar-refractivity contribution is 9.10. The molecule has 7 heteroatoms. The predicted octanol–water partition coefficient (Wildman–Crippen LogP) is 1.83. The lowest BCUT2D eigenvalue weighted by molar-refractivity contribution is 0.0704. The van der Waals surface area contributed by atoms with E-state index in [9.17, 15) is 4.79 Å². The van der Waals surface area contributed by atoms with E-state index in [4.69, 9.17) is 10.9 Å². The van der Waals surface area contributed by atoms with E-state index in [1.807, 2.05) is 13.8 Å². The topological polar surface area (TPSA) is 91.8 Å². The van der Waals surface area contributed by atoms with Crippen molar-refractivity contribution in [1.29, 1.82) is 0 Å². The minimum Gasteiger partial charge on any atom is -0.409 e. The molecule has 0 aliphatic carbocycles. The number of carbonyl (C=O) groups excluding carboxylic acids is 1. The van der Waals surface area contributed by atoms with Gasteiger partial charge in [0.15, 0.2) is 0 Å². The van der Waals surface area contributed by atoms with Gasteiger partial charge in [-0.3, -0.25) is 4.79 Å². The lowest BCUT2D eigenvalue weighted by Gasteiger charge is -2.26. The number of hydrogen-bond donors (Lipinski definition) is 2. The van der Waals surface area contributed by atoms with Crippen LogP contribution in [-0.4, -0.2) is 39.4 Å². The third kappa shape index (κ3) is 4.20. The highest BCUT2D eigenvalue weighted by atomic mass is 79.9. The van der Waals surface area contributed by atoms with Gasteiger partial charge in [-0.25, -0.2) is 4.98 Å². The fraction of sp³-hybridized carbons (Fsp3) is 0.417. The Balaban J connectivity index is 2.88. The minimum absolute atomic E-state index is 0.00658. The number of halogens is 1. The molecule has 0 saturated carbocycles. The van der Waals surface area contributed by atoms with Gasteiger partial charge in [-0.1, -0.05) is 5.16 Å². The molecule has 0 atom stereocenters. The van der Waals surface area contributed by atoms with Gasteiger partial charge in [0, 0.05) is 29.7 Å². The fourth-order valence-corrected chi connectivity index (χ4v) is 1.98. The Morgan fingerprint density at radius 1 is 1.63 bits per heavy atom. The third-order valence-electron chi connectivity index (χ3n) is 2.58. The van der Waals surface area contributed by atoms with Crippen molar-refractivity contribution >= 4 is 27.7 Å². The number of carbonyl (C=O) groups is 1. The maximum Gasteiger partial charge on any atom is 0.273 e. The van der Waals surface area contributed by atoms with E-state index in [1.165, 1.54) is 0 Å². The Labute approximate surface area is 120 Å². The number of aromatic nitrogens is 1. The van der Waals surface area contributed by atoms with Gasteiger partial charge in [-0.05, 0) is 41.9 Å². The third-order valence-corrected chi connectivity index (χ3v) is 3.22. The molecular weight excluding hydrogens is 312 g/mol. The maximum absolute atomic E-state index is 12.4. The average molecular weight is 329 g/mol. The van der Waals surface area contributed by atoms with Crippen molar-refractivity contribution in [3.8, 4) is 0 Å². The molecule has 1 aromatic heterocycles. The predicted molar refractivity (Wildman–Crippen MR) is 76.1 cm³/mol. The van der Waals surface area contributed by atoms with E-state index in [2.05, 4.69) is 26.1 Å². The first-order chi connectivity index (χ1) is 8.97. The summed E-state index contributed by atoms with van der Waals surface area (Å²) in [6.45, 7) is 4.18. The second-order valence-electron chi connectivity index (χ2n) is 4.27. The van der Waals surface area contributed by atoms with Crippen LogP contribution in [0.4, 0.5) is 0 Å². The Hall–Kier alpha value is -1.63. The molecule has 3 N–H and O–H groups in total. The average Bonchev–Trinajstić information content (AvgIpc) is 2.38. The number of pyridine rings is 1. The Morgan fingerprint density at radius 2 is 2.32 bits per heavy atom. The van der Waals surface area contributed by atoms with Crippen LogP contribution in [0, 0.1) is 0 Å². The van der Waals surface area contributed by atoms with Crippen molar-refractivity contribution in [2.45, 2.75) is 26.3 Å². The fourth-order valence-electron chi connectivity index (χ4n) is 1.56. The second-order valence-corrected chi connectivity index (χ2v) is 5.12. The van der Waals surface area contributed by atoms with Crippen LogP contribution in [0.5, 0.6) is 0 Å². The quantitative estimate of drug-likeness (QED) is 0.373. The highest BCUT2D eigenvalue weighted by Gasteiger charge is 2.21. The molecule has 0 aliphatic rings. The standard InChI is InChI=1S/C12H17BrN4O2/c1-8(2)17(7-5-10(14)16-19)12(18)11-9(13)4-3-6-15-11/h3-4,6,8,19H,5,7H2,1-2H3,(H2,14,16). The normalized spacial score (nSPS) is 11.7. The van der Waals surface area contributed by atoms with Gasteiger partial charge >= 0.3 is 0 Å². The van der Waals surface area contributed by atoms with Gasteiger partial charge in [0.05, 0.1) is 0 Å². The van der Waals surface area contributed by atoms with Crippen molar-refractivity contribution in [1.82, 2.24) is 9.88 Å². The first-order valence-corrected chi connectivity index (χ1v) is 6.64. The Kier molecular flexibility index (Phi) is 5.75. The van der Waals surface area contributed by atoms with Gasteiger partial charge in [0.1, 0.15) is 11.5 Å². The number of hydrogen-bond acceptors (Lipinski definition) is 4. The summed E-state index contributed by atoms with van der Waals surface area (Å²) in [4.78, 5) is 18.1. The minimum atomic E-state index is -0.187. The number of rotatable bonds is 5. The van der Waals surface area contributed by atoms with E-state index in [1.54, 1.807) is 23.2 Å². The van der Waals surface area contributed by atoms with Crippen LogP contribution in [0.25, 0.3) is 0 Å². The summed E-state index contributed by atoms with van der Waals surface area (Å²) < 4.78 is 0.648. The number of amides is 1. The molecule has 19 heavy (non-hydrogen) atoms. The SMILES string of the molecule is CC(C)N(CC/C(N)=N/O)C(=O)c1ncccc1Br. The van der Waals surface area contributed by atoms with Crippen molar-refractivity contribution < 1.29 is 10.0 Å². The molecule has 0 radical (unpaired) electrons. The molecule has 0 spiro atoms. The molecule has 1 aromatic rings. The molecule has 0 bridgehead atoms. The number of nitrogens with two attached hydrogens (primary N) is 1. The zero-order valence-electron chi connectivity index (χ0n) is 10.9. The first kappa shape index (κ1) is 15.4. The van der Waals surface area contributed by atoms with Crippen LogP contribution in [0.15, 0.2) is 28.0 Å². The Bertz CT molecular complexity index is 477. The van der Waals surface area contributed by atoms with Crippen molar-refractivity contribution in [3.05, 3.63) is 28.5 Å². The summed E-state index contributed by atoms with van der Waals surface area (Å²) in [6.07, 6.45) is 1.88. The number of nitrogens with zero attached hydrogens (tertiary/aromatic N) is 3. The summed E-state index contributed by atoms with van der Waals surface area (Å²) in [5.74, 6) is -0.0910. The molecule has 0 aliphatic heterocycles. The van der Waals surface area contributed by atoms with Gasteiger partial charge in [-0.15, -0.1) is 0 Å². The van der Waals surface area contributed by atoms with E-state index >= 15 is 0 Å². The maximum atomic E-state index is 12.4. The van der Waals surface area contributed by atoms with Gasteiger partial charge in [-0.2, -0.15) is 0 Å². The highest BCUT2D eigenvalue weighted by Crippen LogP contribution is 2.16. The summed E-state index contributed by atoms with van der Waals surface area (Å²) in [5, 5.41) is 11.4. The molecule has 0 unspecified atom stereocenters. The molecule has 1 rings (SSSR count). The summed E-state index contributed by atoms with van der Waals surface area (Å²) in [5.41, 5.74) is 5.78. The summed E-state index contributed by atoms with van der Waals surface area (Å²) in [7, 11) is 0. The molecule has 0 aromatic carbocycles. The lowest BCUT2D eigenvalue weighted by Crippen LogP contribution is -2.39. The largest absolute Gasteiger partial charge is 0.409 e. The smallest absolute Gasteiger partial charge is 0.273 e. The Morgan fingerprint density at radius 3 is 2.84 bits per heavy atom. The van der Waals surface area contributed by atoms with Gasteiger partial charge < -0.3 is 15.8 Å². The monoisotopic (exact) mass is 328 g/mol. The summed E-state index contributed by atoms with van der Waals surface area (Å²) in [6, 6.07) is 3.51. The van der Waals surface area contributed by atoms with Crippen molar-refractivity contribution in [3.63, 3.8) is 0 Å². The number of amidine groups is 1. The van der Waals surface area contributed by atoms with Crippen LogP contribution in [0.2, 0.25) is 0 Å². The van der Waals surface area contributed by atoms with E-state index < -0.39 is 0 Å². The van der Waals surface area contributed by atoms with Crippen LogP contribution < -0.4 is 5.73 Å². The van der Waals surface area contributed by atoms with E-state index in [0.717, 1.165) is 0 Å². The van der Waals surface area contributed by atoms with Crippen LogP contribution in [0.3, 0.4) is 0 Å². The molecule has 1 amide bonds. The van der Waals surface area contributed by atoms with E-state index in [-0.39, 0.29) is 17.8 Å². The molecule has 104 valence electrons. The van der Waals surface area contributed by atoms with Crippen molar-refractivity contribution in [2.75, 3.05) is 6.54 Å². The zero-order valence-corrected chi connectivity index (χ0v) is 12.5. The second kappa shape index (κ2) is 7.08. The lowest BCUT2D eigenvalue weighted by atomic mass is 10.2. The van der Waals surface area contributed by atoms with E-state index in [0.29, 0.717) is 23.1 Å². The molecule has 0 fully saturated rings. The van der Waals surface area contributed by atoms with Crippen LogP contribution in [-0.2, 0) is 0 Å². The molecule has 6 nitrogen and oxygen atoms in total. The molecular formula is C12H17BrN4O2. The van der Waals surface area contributed by atoms with Crippen molar-refractivity contribution in [2.24, 2.45) is 10.9 Å². The van der Waals surface area contributed by atoms with Gasteiger partial charge in [0.25, 0.3) is 5.91 Å². The number of oxime groups is 1. The summed E-state index contributed by atoms with van der Waals surface area (Å²) >= 11 is 3.31. The van der Waals surface area contributed by atoms with Gasteiger partial charge in [0.2, 0.25) is 0 Å². The van der Waals surface area contributed by atoms with Crippen LogP contribution in [0.1, 0.15) is 30.8 Å². The van der Waals surface area contributed by atoms with Crippen LogP contribution >= 0.6 is 15.9 Å². The molecule has 0 saturated heterocycles.